The number of thioether (sulfide) groups is 1. The molecule has 3 saturated heterocycles. The van der Waals surface area contributed by atoms with Crippen molar-refractivity contribution < 1.29 is 24.2 Å². The third-order valence-corrected chi connectivity index (χ3v) is 11.4. The van der Waals surface area contributed by atoms with Crippen molar-refractivity contribution in [2.24, 2.45) is 17.8 Å². The third-order valence-electron chi connectivity index (χ3n) is 9.41. The largest absolute Gasteiger partial charge is 0.497 e. The molecule has 3 heterocycles. The van der Waals surface area contributed by atoms with Crippen LogP contribution < -0.4 is 9.64 Å². The molecule has 3 fully saturated rings. The van der Waals surface area contributed by atoms with Gasteiger partial charge in [-0.2, -0.15) is 0 Å². The molecule has 2 aromatic carbocycles. The van der Waals surface area contributed by atoms with Crippen LogP contribution in [0.3, 0.4) is 0 Å². The molecule has 5 rings (SSSR count). The summed E-state index contributed by atoms with van der Waals surface area (Å²) in [5.74, 6) is -1.18. The summed E-state index contributed by atoms with van der Waals surface area (Å²) in [7, 11) is 1.59. The number of aliphatic hydroxyl groups excluding tert-OH is 1. The Morgan fingerprint density at radius 2 is 1.77 bits per heavy atom. The fraction of sp³-hybridized carbons (Fsp3) is 0.457. The Morgan fingerprint density at radius 3 is 2.36 bits per heavy atom. The summed E-state index contributed by atoms with van der Waals surface area (Å²) in [6, 6.07) is 15.6. The zero-order chi connectivity index (χ0) is 31.6. The predicted octanol–water partition coefficient (Wildman–Crippen LogP) is 4.54. The molecule has 8 nitrogen and oxygen atoms in total. The van der Waals surface area contributed by atoms with E-state index in [9.17, 15) is 19.5 Å². The molecular formula is C35H43N3O5S. The number of rotatable bonds is 13. The van der Waals surface area contributed by atoms with E-state index in [0.29, 0.717) is 30.9 Å². The number of anilines is 1. The summed E-state index contributed by atoms with van der Waals surface area (Å²) >= 11 is 1.64. The topological polar surface area (TPSA) is 90.4 Å². The fourth-order valence-corrected chi connectivity index (χ4v) is 9.59. The van der Waals surface area contributed by atoms with Crippen molar-refractivity contribution in [1.29, 1.82) is 0 Å². The predicted molar refractivity (Wildman–Crippen MR) is 174 cm³/mol. The van der Waals surface area contributed by atoms with Crippen LogP contribution in [0, 0.1) is 17.8 Å². The van der Waals surface area contributed by atoms with Crippen molar-refractivity contribution in [3.05, 3.63) is 85.5 Å². The second kappa shape index (κ2) is 13.2. The zero-order valence-electron chi connectivity index (χ0n) is 25.8. The Bertz CT molecular complexity index is 1380. The first-order valence-electron chi connectivity index (χ1n) is 15.3. The second-order valence-electron chi connectivity index (χ2n) is 12.2. The lowest BCUT2D eigenvalue weighted by atomic mass is 9.70. The van der Waals surface area contributed by atoms with E-state index in [1.165, 1.54) is 0 Å². The number of nitrogens with zero attached hydrogens (tertiary/aromatic N) is 3. The minimum Gasteiger partial charge on any atom is -0.497 e. The van der Waals surface area contributed by atoms with E-state index in [4.69, 9.17) is 4.74 Å². The molecule has 9 heteroatoms. The number of ether oxygens (including phenoxy) is 1. The highest BCUT2D eigenvalue weighted by molar-refractivity contribution is 8.02. The summed E-state index contributed by atoms with van der Waals surface area (Å²) in [5, 5.41) is 10.5. The summed E-state index contributed by atoms with van der Waals surface area (Å²) < 4.78 is 4.55. The quantitative estimate of drug-likeness (QED) is 0.332. The van der Waals surface area contributed by atoms with Gasteiger partial charge in [0.25, 0.3) is 5.91 Å². The molecule has 0 aromatic heterocycles. The van der Waals surface area contributed by atoms with E-state index in [-0.39, 0.29) is 42.0 Å². The van der Waals surface area contributed by atoms with Gasteiger partial charge in [-0.15, -0.1) is 24.9 Å². The number of benzene rings is 2. The highest BCUT2D eigenvalue weighted by atomic mass is 32.2. The van der Waals surface area contributed by atoms with E-state index in [2.05, 4.69) is 13.2 Å². The normalized spacial score (nSPS) is 25.9. The van der Waals surface area contributed by atoms with Crippen LogP contribution in [-0.2, 0) is 20.9 Å². The van der Waals surface area contributed by atoms with Crippen LogP contribution in [0.1, 0.15) is 32.3 Å². The Kier molecular flexibility index (Phi) is 9.56. The molecule has 2 unspecified atom stereocenters. The molecule has 2 aromatic rings. The van der Waals surface area contributed by atoms with E-state index in [1.807, 2.05) is 56.3 Å². The number of likely N-dealkylation sites (tertiary alicyclic amines) is 1. The number of amides is 3. The first-order valence-corrected chi connectivity index (χ1v) is 16.2. The minimum absolute atomic E-state index is 0.0718. The standard InChI is InChI=1S/C35H43N3O5S/c1-6-19-36(21-24-11-9-8-10-12-24)32(40)29-28-17-18-35(44-28)30(29)33(41)38(27(22-39)23(3)4)31(35)34(42)37(20-7-2)25-13-15-26(43-5)16-14-25/h6-16,23,27-31,39H,1-2,17-22H2,3-5H3/t27-,28-,29+,30-,31?,35?/m0/s1. The molecule has 3 amide bonds. The Morgan fingerprint density at radius 1 is 1.09 bits per heavy atom. The van der Waals surface area contributed by atoms with Crippen molar-refractivity contribution in [2.75, 3.05) is 31.7 Å². The van der Waals surface area contributed by atoms with Gasteiger partial charge in [0.05, 0.1) is 36.3 Å². The van der Waals surface area contributed by atoms with Crippen LogP contribution in [0.5, 0.6) is 5.75 Å². The number of methoxy groups -OCH3 is 1. The molecule has 2 bridgehead atoms. The number of fused-ring (bicyclic) bond motifs is 1. The summed E-state index contributed by atoms with van der Waals surface area (Å²) in [5.41, 5.74) is 1.67. The monoisotopic (exact) mass is 617 g/mol. The lowest BCUT2D eigenvalue weighted by Crippen LogP contribution is -2.58. The van der Waals surface area contributed by atoms with Crippen LogP contribution in [0.15, 0.2) is 79.9 Å². The molecular weight excluding hydrogens is 574 g/mol. The Hall–Kier alpha value is -3.56. The zero-order valence-corrected chi connectivity index (χ0v) is 26.6. The molecule has 3 aliphatic heterocycles. The lowest BCUT2D eigenvalue weighted by molar-refractivity contribution is -0.146. The van der Waals surface area contributed by atoms with Crippen molar-refractivity contribution in [3.8, 4) is 5.75 Å². The second-order valence-corrected chi connectivity index (χ2v) is 13.8. The molecule has 1 spiro atoms. The SMILES string of the molecule is C=CCN(Cc1ccccc1)C(=O)[C@@H]1[C@@H]2CCC3(S2)C(C(=O)N(CC=C)c2ccc(OC)cc2)N([C@@H](CO)C(C)C)C(=O)[C@H]13. The van der Waals surface area contributed by atoms with Gasteiger partial charge < -0.3 is 24.5 Å². The number of hydrogen-bond donors (Lipinski definition) is 1. The molecule has 1 N–H and O–H groups in total. The van der Waals surface area contributed by atoms with Gasteiger partial charge in [0.2, 0.25) is 11.8 Å². The van der Waals surface area contributed by atoms with Crippen molar-refractivity contribution in [2.45, 2.75) is 55.3 Å². The first kappa shape index (κ1) is 31.9. The lowest BCUT2D eigenvalue weighted by Gasteiger charge is -2.40. The highest BCUT2D eigenvalue weighted by Crippen LogP contribution is 2.67. The Balaban J connectivity index is 1.56. The van der Waals surface area contributed by atoms with Gasteiger partial charge in [-0.3, -0.25) is 14.4 Å². The van der Waals surface area contributed by atoms with E-state index >= 15 is 0 Å². The number of carbonyl (C=O) groups is 3. The van der Waals surface area contributed by atoms with Gasteiger partial charge >= 0.3 is 0 Å². The molecule has 0 saturated carbocycles. The maximum absolute atomic E-state index is 14.8. The smallest absolute Gasteiger partial charge is 0.251 e. The van der Waals surface area contributed by atoms with Crippen LogP contribution in [-0.4, -0.2) is 81.5 Å². The molecule has 44 heavy (non-hydrogen) atoms. The van der Waals surface area contributed by atoms with Gasteiger partial charge in [0, 0.05) is 30.6 Å². The average molecular weight is 618 g/mol. The van der Waals surface area contributed by atoms with Crippen LogP contribution in [0.25, 0.3) is 0 Å². The van der Waals surface area contributed by atoms with Crippen molar-refractivity contribution in [1.82, 2.24) is 9.80 Å². The molecule has 0 radical (unpaired) electrons. The molecule has 0 aliphatic carbocycles. The van der Waals surface area contributed by atoms with Crippen molar-refractivity contribution in [3.63, 3.8) is 0 Å². The maximum Gasteiger partial charge on any atom is 0.251 e. The van der Waals surface area contributed by atoms with Gasteiger partial charge in [-0.1, -0.05) is 56.3 Å². The van der Waals surface area contributed by atoms with Crippen molar-refractivity contribution >= 4 is 35.2 Å². The average Bonchev–Trinajstić information content (AvgIpc) is 3.67. The highest BCUT2D eigenvalue weighted by Gasteiger charge is 2.74. The summed E-state index contributed by atoms with van der Waals surface area (Å²) in [6.45, 7) is 12.4. The number of carbonyl (C=O) groups excluding carboxylic acids is 3. The molecule has 6 atom stereocenters. The van der Waals surface area contributed by atoms with Crippen LogP contribution >= 0.6 is 11.8 Å². The van der Waals surface area contributed by atoms with E-state index < -0.39 is 28.7 Å². The number of aliphatic hydroxyl groups is 1. The van der Waals surface area contributed by atoms with Crippen LogP contribution in [0.4, 0.5) is 5.69 Å². The first-order chi connectivity index (χ1) is 21.2. The molecule has 3 aliphatic rings. The van der Waals surface area contributed by atoms with Gasteiger partial charge in [-0.05, 0) is 48.6 Å². The fourth-order valence-electron chi connectivity index (χ4n) is 7.39. The van der Waals surface area contributed by atoms with E-state index in [1.54, 1.807) is 57.9 Å². The van der Waals surface area contributed by atoms with E-state index in [0.717, 1.165) is 12.0 Å². The summed E-state index contributed by atoms with van der Waals surface area (Å²) in [4.78, 5) is 49.0. The molecule has 234 valence electrons. The van der Waals surface area contributed by atoms with Gasteiger partial charge in [0.15, 0.2) is 0 Å². The Labute approximate surface area is 264 Å². The minimum atomic E-state index is -0.837. The summed E-state index contributed by atoms with van der Waals surface area (Å²) in [6.07, 6.45) is 4.78. The van der Waals surface area contributed by atoms with Gasteiger partial charge in [0.1, 0.15) is 11.8 Å². The number of hydrogen-bond acceptors (Lipinski definition) is 6. The third kappa shape index (κ3) is 5.45. The maximum atomic E-state index is 14.8. The van der Waals surface area contributed by atoms with Crippen LogP contribution in [0.2, 0.25) is 0 Å². The van der Waals surface area contributed by atoms with Gasteiger partial charge in [-0.25, -0.2) is 0 Å².